The third-order valence-corrected chi connectivity index (χ3v) is 6.77. The summed E-state index contributed by atoms with van der Waals surface area (Å²) in [7, 11) is 0. The molecule has 0 aliphatic heterocycles. The van der Waals surface area contributed by atoms with Crippen LogP contribution in [-0.2, 0) is 6.42 Å². The van der Waals surface area contributed by atoms with E-state index < -0.39 is 0 Å². The van der Waals surface area contributed by atoms with Crippen molar-refractivity contribution in [2.75, 3.05) is 10.7 Å². The SMILES string of the molecule is CC(C)C(CBr)(CBr)Cc1ccc(Br)s1. The largest absolute Gasteiger partial charge is 0.133 e. The summed E-state index contributed by atoms with van der Waals surface area (Å²) < 4.78 is 1.22. The van der Waals surface area contributed by atoms with E-state index in [1.165, 1.54) is 8.66 Å². The van der Waals surface area contributed by atoms with Crippen molar-refractivity contribution in [3.63, 3.8) is 0 Å². The Morgan fingerprint density at radius 1 is 1.27 bits per heavy atom. The first-order valence-electron chi connectivity index (χ1n) is 4.90. The van der Waals surface area contributed by atoms with Crippen LogP contribution in [0.2, 0.25) is 0 Å². The quantitative estimate of drug-likeness (QED) is 0.555. The first-order valence-corrected chi connectivity index (χ1v) is 8.75. The lowest BCUT2D eigenvalue weighted by atomic mass is 9.78. The topological polar surface area (TPSA) is 0 Å². The van der Waals surface area contributed by atoms with Gasteiger partial charge in [-0.15, -0.1) is 11.3 Å². The predicted molar refractivity (Wildman–Crippen MR) is 80.6 cm³/mol. The molecule has 86 valence electrons. The third-order valence-electron chi connectivity index (χ3n) is 2.91. The molecule has 0 saturated carbocycles. The Labute approximate surface area is 121 Å². The number of halogens is 3. The second-order valence-corrected chi connectivity index (χ2v) is 7.84. The summed E-state index contributed by atoms with van der Waals surface area (Å²) in [5, 5.41) is 2.08. The Hall–Kier alpha value is 1.14. The Balaban J connectivity index is 2.83. The number of hydrogen-bond acceptors (Lipinski definition) is 1. The van der Waals surface area contributed by atoms with Gasteiger partial charge in [0.15, 0.2) is 0 Å². The van der Waals surface area contributed by atoms with Gasteiger partial charge in [-0.1, -0.05) is 45.7 Å². The molecule has 1 aromatic heterocycles. The lowest BCUT2D eigenvalue weighted by Gasteiger charge is -2.34. The highest BCUT2D eigenvalue weighted by Crippen LogP contribution is 2.38. The van der Waals surface area contributed by atoms with E-state index in [9.17, 15) is 0 Å². The van der Waals surface area contributed by atoms with Gasteiger partial charge < -0.3 is 0 Å². The van der Waals surface area contributed by atoms with Gasteiger partial charge in [0, 0.05) is 15.5 Å². The summed E-state index contributed by atoms with van der Waals surface area (Å²) >= 11 is 12.7. The van der Waals surface area contributed by atoms with E-state index in [0.29, 0.717) is 11.3 Å². The van der Waals surface area contributed by atoms with E-state index in [2.05, 4.69) is 73.8 Å². The fraction of sp³-hybridized carbons (Fsp3) is 0.636. The Bertz CT molecular complexity index is 303. The molecule has 0 N–H and O–H groups in total. The van der Waals surface area contributed by atoms with E-state index >= 15 is 0 Å². The minimum Gasteiger partial charge on any atom is -0.133 e. The molecule has 0 bridgehead atoms. The maximum absolute atomic E-state index is 3.66. The smallest absolute Gasteiger partial charge is 0.0701 e. The molecule has 4 heteroatoms. The zero-order valence-corrected chi connectivity index (χ0v) is 14.5. The normalized spacial score (nSPS) is 12.4. The van der Waals surface area contributed by atoms with E-state index in [0.717, 1.165) is 17.1 Å². The van der Waals surface area contributed by atoms with Crippen LogP contribution < -0.4 is 0 Å². The molecule has 1 heterocycles. The summed E-state index contributed by atoms with van der Waals surface area (Å²) in [5.74, 6) is 0.664. The first kappa shape index (κ1) is 14.2. The van der Waals surface area contributed by atoms with Crippen molar-refractivity contribution >= 4 is 59.1 Å². The Kier molecular flexibility index (Phi) is 5.85. The molecule has 1 rings (SSSR count). The van der Waals surface area contributed by atoms with Crippen molar-refractivity contribution in [1.29, 1.82) is 0 Å². The molecule has 0 amide bonds. The Morgan fingerprint density at radius 3 is 2.20 bits per heavy atom. The highest BCUT2D eigenvalue weighted by molar-refractivity contribution is 9.11. The van der Waals surface area contributed by atoms with Gasteiger partial charge >= 0.3 is 0 Å². The van der Waals surface area contributed by atoms with Crippen molar-refractivity contribution < 1.29 is 0 Å². The molecular formula is C11H15Br3S. The molecule has 0 radical (unpaired) electrons. The summed E-state index contributed by atoms with van der Waals surface area (Å²) in [6, 6.07) is 4.35. The molecule has 1 aromatic rings. The molecule has 0 aromatic carbocycles. The van der Waals surface area contributed by atoms with Crippen LogP contribution in [0.4, 0.5) is 0 Å². The van der Waals surface area contributed by atoms with Gasteiger partial charge in [-0.2, -0.15) is 0 Å². The van der Waals surface area contributed by atoms with Gasteiger partial charge in [0.25, 0.3) is 0 Å². The molecule has 0 aliphatic rings. The lowest BCUT2D eigenvalue weighted by Crippen LogP contribution is -2.33. The van der Waals surface area contributed by atoms with Gasteiger partial charge in [-0.3, -0.25) is 0 Å². The first-order chi connectivity index (χ1) is 7.04. The van der Waals surface area contributed by atoms with E-state index in [4.69, 9.17) is 0 Å². The fourth-order valence-corrected chi connectivity index (χ4v) is 5.69. The monoisotopic (exact) mass is 416 g/mol. The van der Waals surface area contributed by atoms with Crippen LogP contribution in [0.25, 0.3) is 0 Å². The molecule has 0 nitrogen and oxygen atoms in total. The highest BCUT2D eigenvalue weighted by Gasteiger charge is 2.32. The number of alkyl halides is 2. The van der Waals surface area contributed by atoms with Crippen molar-refractivity contribution in [3.8, 4) is 0 Å². The van der Waals surface area contributed by atoms with Gasteiger partial charge in [-0.05, 0) is 45.8 Å². The third kappa shape index (κ3) is 3.55. The van der Waals surface area contributed by atoms with Crippen molar-refractivity contribution in [2.24, 2.45) is 11.3 Å². The van der Waals surface area contributed by atoms with Gasteiger partial charge in [0.2, 0.25) is 0 Å². The summed E-state index contributed by atoms with van der Waals surface area (Å²) in [6.07, 6.45) is 1.14. The number of rotatable bonds is 5. The molecule has 0 atom stereocenters. The second kappa shape index (κ2) is 6.18. The summed E-state index contributed by atoms with van der Waals surface area (Å²) in [6.45, 7) is 4.59. The number of hydrogen-bond donors (Lipinski definition) is 0. The van der Waals surface area contributed by atoms with E-state index in [-0.39, 0.29) is 0 Å². The second-order valence-electron chi connectivity index (χ2n) is 4.17. The van der Waals surface area contributed by atoms with Crippen molar-refractivity contribution in [1.82, 2.24) is 0 Å². The van der Waals surface area contributed by atoms with Gasteiger partial charge in [0.05, 0.1) is 3.79 Å². The maximum atomic E-state index is 3.66. The van der Waals surface area contributed by atoms with Crippen LogP contribution in [0.3, 0.4) is 0 Å². The minimum atomic E-state index is 0.324. The minimum absolute atomic E-state index is 0.324. The van der Waals surface area contributed by atoms with Crippen LogP contribution in [0.15, 0.2) is 15.9 Å². The van der Waals surface area contributed by atoms with Crippen LogP contribution >= 0.6 is 59.1 Å². The average molecular weight is 419 g/mol. The van der Waals surface area contributed by atoms with Gasteiger partial charge in [0.1, 0.15) is 0 Å². The predicted octanol–water partition coefficient (Wildman–Crippen LogP) is 5.49. The zero-order chi connectivity index (χ0) is 11.5. The standard InChI is InChI=1S/C11H15Br3S/c1-8(2)11(6-12,7-13)5-9-3-4-10(14)15-9/h3-4,8H,5-7H2,1-2H3. The highest BCUT2D eigenvalue weighted by atomic mass is 79.9. The molecule has 15 heavy (non-hydrogen) atoms. The molecular weight excluding hydrogens is 404 g/mol. The van der Waals surface area contributed by atoms with E-state index in [1.54, 1.807) is 0 Å². The fourth-order valence-electron chi connectivity index (χ4n) is 1.44. The maximum Gasteiger partial charge on any atom is 0.0701 e. The molecule has 0 saturated heterocycles. The van der Waals surface area contributed by atoms with Gasteiger partial charge in [-0.25, -0.2) is 0 Å². The zero-order valence-electron chi connectivity index (χ0n) is 8.90. The lowest BCUT2D eigenvalue weighted by molar-refractivity contribution is 0.269. The van der Waals surface area contributed by atoms with Crippen LogP contribution in [0.5, 0.6) is 0 Å². The van der Waals surface area contributed by atoms with E-state index in [1.807, 2.05) is 11.3 Å². The Morgan fingerprint density at radius 2 is 1.87 bits per heavy atom. The summed E-state index contributed by atoms with van der Waals surface area (Å²) in [5.41, 5.74) is 0.324. The molecule has 0 unspecified atom stereocenters. The number of thiophene rings is 1. The molecule has 0 spiro atoms. The van der Waals surface area contributed by atoms with Crippen LogP contribution in [0.1, 0.15) is 18.7 Å². The average Bonchev–Trinajstić information content (AvgIpc) is 2.60. The van der Waals surface area contributed by atoms with Crippen molar-refractivity contribution in [2.45, 2.75) is 20.3 Å². The van der Waals surface area contributed by atoms with Crippen LogP contribution in [-0.4, -0.2) is 10.7 Å². The van der Waals surface area contributed by atoms with Crippen LogP contribution in [0, 0.1) is 11.3 Å². The molecule has 0 aliphatic carbocycles. The van der Waals surface area contributed by atoms with Crippen molar-refractivity contribution in [3.05, 3.63) is 20.8 Å². The molecule has 0 fully saturated rings. The summed E-state index contributed by atoms with van der Waals surface area (Å²) in [4.78, 5) is 1.45.